The van der Waals surface area contributed by atoms with E-state index in [0.717, 1.165) is 23.2 Å². The Morgan fingerprint density at radius 1 is 1.34 bits per heavy atom. The van der Waals surface area contributed by atoms with Crippen LogP contribution in [0.15, 0.2) is 12.1 Å². The minimum Gasteiger partial charge on any atom is -0.468 e. The van der Waals surface area contributed by atoms with Gasteiger partial charge in [0.05, 0.1) is 22.6 Å². The number of anilines is 1. The van der Waals surface area contributed by atoms with Crippen molar-refractivity contribution in [2.75, 3.05) is 12.8 Å². The molecule has 0 aliphatic heterocycles. The van der Waals surface area contributed by atoms with E-state index in [9.17, 15) is 23.2 Å². The van der Waals surface area contributed by atoms with Crippen LogP contribution in [0.4, 0.5) is 19.0 Å². The highest BCUT2D eigenvalue weighted by Crippen LogP contribution is 2.49. The summed E-state index contributed by atoms with van der Waals surface area (Å²) in [6.45, 7) is 0. The molecular formula is C17H13Cl2F3N4O3. The molecule has 1 heterocycles. The molecular weight excluding hydrogens is 436 g/mol. The van der Waals surface area contributed by atoms with Gasteiger partial charge in [-0.2, -0.15) is 10.4 Å². The van der Waals surface area contributed by atoms with Gasteiger partial charge in [0.2, 0.25) is 0 Å². The van der Waals surface area contributed by atoms with Gasteiger partial charge >= 0.3 is 12.3 Å². The standard InChI is InChI=1S/C17H13Cl2F3N4O3/c1-28-15(27)16(3-2-4-16)12-11(7-23)25-26(14(12)24)13-9(18)5-8(6-10(13)19)29-17(20,21)22/h5-6H,2-4,24H2,1H3. The van der Waals surface area contributed by atoms with Gasteiger partial charge in [-0.15, -0.1) is 13.2 Å². The Kier molecular flexibility index (Phi) is 5.32. The van der Waals surface area contributed by atoms with Gasteiger partial charge in [-0.05, 0) is 12.8 Å². The largest absolute Gasteiger partial charge is 0.573 e. The molecule has 1 aromatic carbocycles. The summed E-state index contributed by atoms with van der Waals surface area (Å²) in [5, 5.41) is 13.1. The minimum absolute atomic E-state index is 0.0533. The quantitative estimate of drug-likeness (QED) is 0.705. The van der Waals surface area contributed by atoms with Gasteiger partial charge in [0.1, 0.15) is 23.3 Å². The van der Waals surface area contributed by atoms with Crippen LogP contribution in [0.5, 0.6) is 5.75 Å². The number of alkyl halides is 3. The zero-order chi connectivity index (χ0) is 21.6. The number of ether oxygens (including phenoxy) is 2. The summed E-state index contributed by atoms with van der Waals surface area (Å²) in [4.78, 5) is 12.4. The Labute approximate surface area is 172 Å². The molecule has 0 unspecified atom stereocenters. The van der Waals surface area contributed by atoms with Crippen molar-refractivity contribution >= 4 is 35.0 Å². The van der Waals surface area contributed by atoms with Crippen molar-refractivity contribution in [1.82, 2.24) is 9.78 Å². The molecule has 0 atom stereocenters. The van der Waals surface area contributed by atoms with E-state index in [0.29, 0.717) is 12.8 Å². The number of nitrogens with zero attached hydrogens (tertiary/aromatic N) is 3. The van der Waals surface area contributed by atoms with Crippen LogP contribution in [0.25, 0.3) is 5.69 Å². The zero-order valence-corrected chi connectivity index (χ0v) is 16.3. The molecule has 1 fully saturated rings. The molecule has 0 saturated heterocycles. The number of aromatic nitrogens is 2. The number of rotatable bonds is 4. The third-order valence-electron chi connectivity index (χ3n) is 4.72. The predicted molar refractivity (Wildman–Crippen MR) is 96.9 cm³/mol. The SMILES string of the molecule is COC(=O)C1(c2c(C#N)nn(-c3c(Cl)cc(OC(F)(F)F)cc3Cl)c2N)CCC1. The second kappa shape index (κ2) is 7.31. The molecule has 0 spiro atoms. The predicted octanol–water partition coefficient (Wildman–Crippen LogP) is 4.13. The lowest BCUT2D eigenvalue weighted by Gasteiger charge is -2.38. The molecule has 1 aliphatic rings. The van der Waals surface area contributed by atoms with Gasteiger partial charge in [-0.1, -0.05) is 29.6 Å². The number of hydrogen-bond donors (Lipinski definition) is 1. The third-order valence-corrected chi connectivity index (χ3v) is 5.30. The van der Waals surface area contributed by atoms with Crippen LogP contribution in [-0.4, -0.2) is 29.2 Å². The average Bonchev–Trinajstić information content (AvgIpc) is 2.89. The smallest absolute Gasteiger partial charge is 0.468 e. The number of nitriles is 1. The first-order valence-corrected chi connectivity index (χ1v) is 8.92. The molecule has 1 saturated carbocycles. The van der Waals surface area contributed by atoms with Crippen LogP contribution < -0.4 is 10.5 Å². The lowest BCUT2D eigenvalue weighted by molar-refractivity contribution is -0.274. The van der Waals surface area contributed by atoms with Crippen molar-refractivity contribution in [3.63, 3.8) is 0 Å². The first kappa shape index (κ1) is 21.1. The van der Waals surface area contributed by atoms with E-state index >= 15 is 0 Å². The fraction of sp³-hybridized carbons (Fsp3) is 0.353. The summed E-state index contributed by atoms with van der Waals surface area (Å²) in [7, 11) is 1.22. The first-order valence-electron chi connectivity index (χ1n) is 8.16. The molecule has 0 amide bonds. The van der Waals surface area contributed by atoms with Crippen molar-refractivity contribution in [2.45, 2.75) is 31.0 Å². The van der Waals surface area contributed by atoms with E-state index in [1.165, 1.54) is 7.11 Å². The van der Waals surface area contributed by atoms with E-state index < -0.39 is 23.5 Å². The number of nitrogens with two attached hydrogens (primary N) is 1. The summed E-state index contributed by atoms with van der Waals surface area (Å²) in [5.74, 6) is -1.27. The maximum atomic E-state index is 12.5. The van der Waals surface area contributed by atoms with Crippen molar-refractivity contribution < 1.29 is 27.4 Å². The van der Waals surface area contributed by atoms with E-state index in [4.69, 9.17) is 33.7 Å². The zero-order valence-electron chi connectivity index (χ0n) is 14.8. The number of carbonyl (C=O) groups excluding carboxylic acids is 1. The average molecular weight is 449 g/mol. The van der Waals surface area contributed by atoms with Gasteiger partial charge in [-0.25, -0.2) is 4.68 Å². The number of hydrogen-bond acceptors (Lipinski definition) is 6. The van der Waals surface area contributed by atoms with Crippen LogP contribution in [0.1, 0.15) is 30.5 Å². The molecule has 0 radical (unpaired) electrons. The molecule has 2 aromatic rings. The second-order valence-electron chi connectivity index (χ2n) is 6.34. The van der Waals surface area contributed by atoms with Gasteiger partial charge in [-0.3, -0.25) is 4.79 Å². The number of esters is 1. The number of nitrogen functional groups attached to an aromatic ring is 1. The van der Waals surface area contributed by atoms with Gasteiger partial charge in [0.25, 0.3) is 0 Å². The fourth-order valence-corrected chi connectivity index (χ4v) is 4.00. The molecule has 154 valence electrons. The number of carbonyl (C=O) groups is 1. The lowest BCUT2D eigenvalue weighted by Crippen LogP contribution is -2.44. The van der Waals surface area contributed by atoms with Crippen molar-refractivity contribution in [1.29, 1.82) is 5.26 Å². The van der Waals surface area contributed by atoms with Crippen LogP contribution in [0, 0.1) is 11.3 Å². The van der Waals surface area contributed by atoms with E-state index in [1.54, 1.807) is 0 Å². The Hall–Kier alpha value is -2.64. The summed E-state index contributed by atoms with van der Waals surface area (Å²) < 4.78 is 47.1. The Morgan fingerprint density at radius 3 is 2.34 bits per heavy atom. The van der Waals surface area contributed by atoms with E-state index in [2.05, 4.69) is 9.84 Å². The molecule has 29 heavy (non-hydrogen) atoms. The molecule has 1 aliphatic carbocycles. The highest BCUT2D eigenvalue weighted by atomic mass is 35.5. The minimum atomic E-state index is -4.93. The molecule has 1 aromatic heterocycles. The Balaban J connectivity index is 2.16. The summed E-state index contributed by atoms with van der Waals surface area (Å²) in [6.07, 6.45) is -3.40. The fourth-order valence-electron chi connectivity index (χ4n) is 3.37. The van der Waals surface area contributed by atoms with E-state index in [1.807, 2.05) is 6.07 Å². The molecule has 3 rings (SSSR count). The third kappa shape index (κ3) is 3.56. The van der Waals surface area contributed by atoms with E-state index in [-0.39, 0.29) is 32.8 Å². The first-order chi connectivity index (χ1) is 13.5. The summed E-state index contributed by atoms with van der Waals surface area (Å²) in [5.41, 5.74) is 5.06. The van der Waals surface area contributed by atoms with Crippen molar-refractivity contribution in [3.05, 3.63) is 33.4 Å². The topological polar surface area (TPSA) is 103 Å². The Morgan fingerprint density at radius 2 is 1.93 bits per heavy atom. The maximum absolute atomic E-state index is 12.5. The normalized spacial score (nSPS) is 15.3. The maximum Gasteiger partial charge on any atom is 0.573 e. The van der Waals surface area contributed by atoms with Crippen molar-refractivity contribution in [3.8, 4) is 17.5 Å². The molecule has 12 heteroatoms. The van der Waals surface area contributed by atoms with Gasteiger partial charge in [0, 0.05) is 17.7 Å². The summed E-state index contributed by atoms with van der Waals surface area (Å²) >= 11 is 12.2. The number of halogens is 5. The van der Waals surface area contributed by atoms with Gasteiger partial charge in [0.15, 0.2) is 5.69 Å². The second-order valence-corrected chi connectivity index (χ2v) is 7.16. The summed E-state index contributed by atoms with van der Waals surface area (Å²) in [6, 6.07) is 3.66. The Bertz CT molecular complexity index is 1000. The number of methoxy groups -OCH3 is 1. The monoisotopic (exact) mass is 448 g/mol. The van der Waals surface area contributed by atoms with Crippen LogP contribution >= 0.6 is 23.2 Å². The van der Waals surface area contributed by atoms with Crippen LogP contribution in [0.2, 0.25) is 10.0 Å². The van der Waals surface area contributed by atoms with Gasteiger partial charge < -0.3 is 15.2 Å². The lowest BCUT2D eigenvalue weighted by atomic mass is 9.64. The number of benzene rings is 1. The van der Waals surface area contributed by atoms with Crippen molar-refractivity contribution in [2.24, 2.45) is 0 Å². The highest BCUT2D eigenvalue weighted by Gasteiger charge is 2.51. The molecule has 0 bridgehead atoms. The highest BCUT2D eigenvalue weighted by molar-refractivity contribution is 6.38. The van der Waals surface area contributed by atoms with Crippen LogP contribution in [0.3, 0.4) is 0 Å². The molecule has 2 N–H and O–H groups in total. The van der Waals surface area contributed by atoms with Crippen LogP contribution in [-0.2, 0) is 14.9 Å². The molecule has 7 nitrogen and oxygen atoms in total.